The van der Waals surface area contributed by atoms with Crippen molar-refractivity contribution in [3.05, 3.63) is 78.9 Å². The van der Waals surface area contributed by atoms with Gasteiger partial charge in [-0.15, -0.1) is 0 Å². The molecule has 3 N–H and O–H groups in total. The first kappa shape index (κ1) is 43.8. The maximum absolute atomic E-state index is 4.40. The van der Waals surface area contributed by atoms with Crippen LogP contribution in [0.25, 0.3) is 22.5 Å². The molecule has 0 aliphatic carbocycles. The van der Waals surface area contributed by atoms with Crippen LogP contribution in [0.15, 0.2) is 73.3 Å². The maximum Gasteiger partial charge on any atom is 0.122 e. The topological polar surface area (TPSA) is 128 Å². The molecule has 46 heavy (non-hydrogen) atoms. The van der Waals surface area contributed by atoms with Crippen molar-refractivity contribution in [3.8, 4) is 22.5 Å². The Morgan fingerprint density at radius 3 is 1.26 bits per heavy atom. The summed E-state index contributed by atoms with van der Waals surface area (Å²) in [7, 11) is 0. The molecule has 0 saturated heterocycles. The van der Waals surface area contributed by atoms with Gasteiger partial charge in [0.2, 0.25) is 0 Å². The van der Waals surface area contributed by atoms with E-state index in [0.717, 1.165) is 35.6 Å². The Labute approximate surface area is 279 Å². The number of aromatic amines is 3. The Hall–Kier alpha value is -4.34. The van der Waals surface area contributed by atoms with Crippen molar-refractivity contribution in [2.75, 3.05) is 11.4 Å². The molecule has 10 nitrogen and oxygen atoms in total. The normalized spacial score (nSPS) is 9.59. The average Bonchev–Trinajstić information content (AvgIpc) is 3.88. The van der Waals surface area contributed by atoms with E-state index < -0.39 is 0 Å². The van der Waals surface area contributed by atoms with Crippen LogP contribution in [0.3, 0.4) is 0 Å². The van der Waals surface area contributed by atoms with E-state index in [-0.39, 0.29) is 0 Å². The summed E-state index contributed by atoms with van der Waals surface area (Å²) in [6.07, 6.45) is 12.6. The number of aromatic nitrogens is 9. The van der Waals surface area contributed by atoms with Gasteiger partial charge >= 0.3 is 0 Å². The third-order valence-corrected chi connectivity index (χ3v) is 4.73. The molecule has 256 valence electrons. The van der Waals surface area contributed by atoms with E-state index in [0.29, 0.717) is 0 Å². The van der Waals surface area contributed by atoms with Gasteiger partial charge in [-0.05, 0) is 18.6 Å². The number of hydrogen-bond donors (Lipinski definition) is 3. The van der Waals surface area contributed by atoms with Crippen LogP contribution in [0.1, 0.15) is 114 Å². The van der Waals surface area contributed by atoms with Crippen molar-refractivity contribution in [2.45, 2.75) is 115 Å². The summed E-state index contributed by atoms with van der Waals surface area (Å²) in [6.45, 7) is 25.3. The van der Waals surface area contributed by atoms with Crippen molar-refractivity contribution in [1.29, 1.82) is 0 Å². The second-order valence-corrected chi connectivity index (χ2v) is 10.1. The number of benzene rings is 2. The summed E-state index contributed by atoms with van der Waals surface area (Å²) >= 11 is 0. The van der Waals surface area contributed by atoms with Crippen LogP contribution in [-0.4, -0.2) is 52.8 Å². The van der Waals surface area contributed by atoms with Gasteiger partial charge in [-0.2, -0.15) is 46.2 Å². The van der Waals surface area contributed by atoms with E-state index in [1.807, 2.05) is 0 Å². The summed E-state index contributed by atoms with van der Waals surface area (Å²) < 4.78 is 0. The van der Waals surface area contributed by atoms with E-state index in [9.17, 15) is 0 Å². The molecule has 6 rings (SSSR count). The highest BCUT2D eigenvalue weighted by Crippen LogP contribution is 2.39. The standard InChI is InChI=1S/C17H16N4.5C3H8.2C2H3N3/c1-2-21-11-12-7-3-4-8-13(12)16-17(19-20-18-16)14-9-5-6-10-15(14)21;5*1-3-2;2*1-2-4-5-3-1/h3-10H,2,11H2,1H3,(H,18,19,20);5*3H2,1-2H3;2*1-2H,(H,3,4,5). The van der Waals surface area contributed by atoms with Crippen molar-refractivity contribution < 1.29 is 0 Å². The molecule has 1 aliphatic heterocycles. The lowest BCUT2D eigenvalue weighted by atomic mass is 9.96. The molecule has 3 aromatic heterocycles. The Morgan fingerprint density at radius 2 is 0.870 bits per heavy atom. The number of H-pyrrole nitrogens is 3. The van der Waals surface area contributed by atoms with Gasteiger partial charge in [0, 0.05) is 29.9 Å². The van der Waals surface area contributed by atoms with Gasteiger partial charge in [0.1, 0.15) is 11.4 Å². The zero-order valence-electron chi connectivity index (χ0n) is 30.5. The quantitative estimate of drug-likeness (QED) is 0.167. The number of fused-ring (bicyclic) bond motifs is 5. The zero-order valence-corrected chi connectivity index (χ0v) is 30.5. The predicted octanol–water partition coefficient (Wildman–Crippen LogP) is 10.2. The van der Waals surface area contributed by atoms with E-state index in [1.165, 1.54) is 43.4 Å². The van der Waals surface area contributed by atoms with E-state index >= 15 is 0 Å². The Kier molecular flexibility index (Phi) is 30.5. The fourth-order valence-electron chi connectivity index (χ4n) is 3.35. The Bertz CT molecular complexity index is 1180. The van der Waals surface area contributed by atoms with Crippen LogP contribution in [-0.2, 0) is 6.54 Å². The van der Waals surface area contributed by atoms with Gasteiger partial charge in [-0.3, -0.25) is 0 Å². The minimum absolute atomic E-state index is 0.885. The summed E-state index contributed by atoms with van der Waals surface area (Å²) in [5.41, 5.74) is 6.66. The molecule has 2 aromatic carbocycles. The van der Waals surface area contributed by atoms with Crippen molar-refractivity contribution in [3.63, 3.8) is 0 Å². The minimum Gasteiger partial charge on any atom is -0.367 e. The number of rotatable bonds is 1. The van der Waals surface area contributed by atoms with Crippen molar-refractivity contribution >= 4 is 5.69 Å². The first-order valence-electron chi connectivity index (χ1n) is 16.9. The zero-order chi connectivity index (χ0) is 34.8. The molecule has 0 spiro atoms. The first-order valence-corrected chi connectivity index (χ1v) is 16.9. The summed E-state index contributed by atoms with van der Waals surface area (Å²) in [5, 5.41) is 30.3. The number of hydrogen-bond acceptors (Lipinski definition) is 7. The molecule has 0 amide bonds. The molecular weight excluding hydrogens is 572 g/mol. The minimum atomic E-state index is 0.885. The van der Waals surface area contributed by atoms with Crippen LogP contribution in [0.2, 0.25) is 0 Å². The van der Waals surface area contributed by atoms with Crippen LogP contribution >= 0.6 is 0 Å². The van der Waals surface area contributed by atoms with Gasteiger partial charge in [0.15, 0.2) is 0 Å². The Morgan fingerprint density at radius 1 is 0.500 bits per heavy atom. The molecule has 0 radical (unpaired) electrons. The van der Waals surface area contributed by atoms with Crippen molar-refractivity contribution in [2.24, 2.45) is 0 Å². The summed E-state index contributed by atoms with van der Waals surface area (Å²) in [5.74, 6) is 0. The smallest absolute Gasteiger partial charge is 0.122 e. The molecule has 0 bridgehead atoms. The molecule has 0 atom stereocenters. The fourth-order valence-corrected chi connectivity index (χ4v) is 3.35. The van der Waals surface area contributed by atoms with Gasteiger partial charge in [0.25, 0.3) is 0 Å². The SMILES string of the molecule is CCC.CCC.CCC.CCC.CCC.CCN1Cc2ccccc2-c2n[nH]nc2-c2ccccc21.c1cn[nH]n1.c1cn[nH]n1. The molecule has 5 aromatic rings. The molecule has 10 heteroatoms. The molecular formula is C36H62N10. The van der Waals surface area contributed by atoms with Gasteiger partial charge in [-0.25, -0.2) is 0 Å². The van der Waals surface area contributed by atoms with E-state index in [4.69, 9.17) is 0 Å². The second-order valence-electron chi connectivity index (χ2n) is 10.1. The lowest BCUT2D eigenvalue weighted by Gasteiger charge is -2.28. The van der Waals surface area contributed by atoms with Crippen LogP contribution < -0.4 is 4.90 Å². The third kappa shape index (κ3) is 19.1. The van der Waals surface area contributed by atoms with Crippen LogP contribution in [0.4, 0.5) is 5.69 Å². The van der Waals surface area contributed by atoms with Gasteiger partial charge in [0.05, 0.1) is 24.8 Å². The average molecular weight is 635 g/mol. The highest BCUT2D eigenvalue weighted by atomic mass is 15.3. The molecule has 0 saturated carbocycles. The molecule has 4 heterocycles. The van der Waals surface area contributed by atoms with Gasteiger partial charge < -0.3 is 4.90 Å². The lowest BCUT2D eigenvalue weighted by Crippen LogP contribution is -2.24. The number of anilines is 1. The summed E-state index contributed by atoms with van der Waals surface area (Å²) in [6, 6.07) is 16.8. The van der Waals surface area contributed by atoms with Crippen LogP contribution in [0, 0.1) is 0 Å². The first-order chi connectivity index (χ1) is 22.5. The van der Waals surface area contributed by atoms with E-state index in [1.54, 1.807) is 24.8 Å². The largest absolute Gasteiger partial charge is 0.367 e. The number of para-hydroxylation sites is 1. The van der Waals surface area contributed by atoms with Crippen molar-refractivity contribution in [1.82, 2.24) is 46.2 Å². The molecule has 1 aliphatic rings. The molecule has 0 unspecified atom stereocenters. The molecule has 0 fully saturated rings. The monoisotopic (exact) mass is 635 g/mol. The van der Waals surface area contributed by atoms with Gasteiger partial charge in [-0.1, -0.05) is 144 Å². The highest BCUT2D eigenvalue weighted by molar-refractivity contribution is 5.87. The Balaban J connectivity index is 0. The fraction of sp³-hybridized carbons (Fsp3) is 0.500. The second kappa shape index (κ2) is 32.1. The highest BCUT2D eigenvalue weighted by Gasteiger charge is 2.23. The lowest BCUT2D eigenvalue weighted by molar-refractivity contribution is 0.832. The predicted molar refractivity (Wildman–Crippen MR) is 197 cm³/mol. The van der Waals surface area contributed by atoms with Crippen LogP contribution in [0.5, 0.6) is 0 Å². The number of nitrogens with zero attached hydrogens (tertiary/aromatic N) is 7. The maximum atomic E-state index is 4.40. The number of nitrogens with one attached hydrogen (secondary N) is 3. The summed E-state index contributed by atoms with van der Waals surface area (Å²) in [4.78, 5) is 2.38. The third-order valence-electron chi connectivity index (χ3n) is 4.73. The van der Waals surface area contributed by atoms with E-state index in [2.05, 4.69) is 176 Å².